The van der Waals surface area contributed by atoms with E-state index in [1.165, 1.54) is 6.07 Å². The minimum Gasteiger partial charge on any atom is -0.497 e. The van der Waals surface area contributed by atoms with E-state index in [4.69, 9.17) is 10.5 Å². The van der Waals surface area contributed by atoms with Crippen LogP contribution in [0.25, 0.3) is 0 Å². The zero-order valence-corrected chi connectivity index (χ0v) is 13.8. The molecule has 1 aromatic carbocycles. The molecule has 0 fully saturated rings. The monoisotopic (exact) mass is 296 g/mol. The molecule has 4 heteroatoms. The molecule has 120 valence electrons. The SMILES string of the molecule is CCCN(Cc1ccc(OC)cc1F)C(CC)(CC)CN. The Balaban J connectivity index is 3.02. The summed E-state index contributed by atoms with van der Waals surface area (Å²) in [7, 11) is 1.55. The second-order valence-corrected chi connectivity index (χ2v) is 5.51. The smallest absolute Gasteiger partial charge is 0.131 e. The number of halogens is 1. The molecule has 0 heterocycles. The molecule has 2 N–H and O–H groups in total. The maximum Gasteiger partial charge on any atom is 0.131 e. The van der Waals surface area contributed by atoms with Crippen LogP contribution in [0.1, 0.15) is 45.6 Å². The Morgan fingerprint density at radius 3 is 2.33 bits per heavy atom. The second-order valence-electron chi connectivity index (χ2n) is 5.51. The van der Waals surface area contributed by atoms with E-state index >= 15 is 0 Å². The van der Waals surface area contributed by atoms with Gasteiger partial charge >= 0.3 is 0 Å². The molecule has 0 aromatic heterocycles. The van der Waals surface area contributed by atoms with Gasteiger partial charge in [-0.3, -0.25) is 4.90 Å². The minimum absolute atomic E-state index is 0.0532. The summed E-state index contributed by atoms with van der Waals surface area (Å²) < 4.78 is 19.3. The first kappa shape index (κ1) is 17.9. The highest BCUT2D eigenvalue weighted by molar-refractivity contribution is 5.29. The van der Waals surface area contributed by atoms with E-state index in [9.17, 15) is 4.39 Å². The molecule has 0 spiro atoms. The summed E-state index contributed by atoms with van der Waals surface area (Å²) in [6.07, 6.45) is 2.97. The molecule has 0 saturated heterocycles. The van der Waals surface area contributed by atoms with Crippen molar-refractivity contribution in [2.24, 2.45) is 5.73 Å². The quantitative estimate of drug-likeness (QED) is 0.757. The number of hydrogen-bond donors (Lipinski definition) is 1. The van der Waals surface area contributed by atoms with Crippen LogP contribution in [0.3, 0.4) is 0 Å². The van der Waals surface area contributed by atoms with Gasteiger partial charge in [0.25, 0.3) is 0 Å². The predicted molar refractivity (Wildman–Crippen MR) is 86.0 cm³/mol. The zero-order chi connectivity index (χ0) is 15.9. The van der Waals surface area contributed by atoms with Gasteiger partial charge in [-0.25, -0.2) is 4.39 Å². The molecule has 21 heavy (non-hydrogen) atoms. The van der Waals surface area contributed by atoms with Crippen molar-refractivity contribution in [2.75, 3.05) is 20.2 Å². The lowest BCUT2D eigenvalue weighted by molar-refractivity contribution is 0.0754. The van der Waals surface area contributed by atoms with Crippen molar-refractivity contribution < 1.29 is 9.13 Å². The summed E-state index contributed by atoms with van der Waals surface area (Å²) in [5.41, 5.74) is 6.69. The molecule has 0 saturated carbocycles. The number of methoxy groups -OCH3 is 1. The number of hydrogen-bond acceptors (Lipinski definition) is 3. The number of rotatable bonds is 9. The van der Waals surface area contributed by atoms with Crippen LogP contribution in [-0.2, 0) is 6.54 Å². The standard InChI is InChI=1S/C17H29FN2O/c1-5-10-20(17(6-2,7-3)13-19)12-14-8-9-15(21-4)11-16(14)18/h8-9,11H,5-7,10,12-13,19H2,1-4H3. The van der Waals surface area contributed by atoms with Crippen molar-refractivity contribution in [3.63, 3.8) is 0 Å². The van der Waals surface area contributed by atoms with Crippen molar-refractivity contribution in [1.29, 1.82) is 0 Å². The van der Waals surface area contributed by atoms with E-state index in [1.807, 2.05) is 12.1 Å². The van der Waals surface area contributed by atoms with Gasteiger partial charge in [-0.15, -0.1) is 0 Å². The lowest BCUT2D eigenvalue weighted by Gasteiger charge is -2.42. The van der Waals surface area contributed by atoms with Crippen LogP contribution in [0.15, 0.2) is 18.2 Å². The molecule has 0 amide bonds. The average Bonchev–Trinajstić information content (AvgIpc) is 2.51. The van der Waals surface area contributed by atoms with Gasteiger partial charge in [0, 0.05) is 30.3 Å². The zero-order valence-electron chi connectivity index (χ0n) is 13.8. The van der Waals surface area contributed by atoms with Gasteiger partial charge in [0.15, 0.2) is 0 Å². The Morgan fingerprint density at radius 2 is 1.90 bits per heavy atom. The largest absolute Gasteiger partial charge is 0.497 e. The molecular weight excluding hydrogens is 267 g/mol. The van der Waals surface area contributed by atoms with E-state index in [2.05, 4.69) is 25.7 Å². The molecule has 0 aliphatic rings. The highest BCUT2D eigenvalue weighted by Gasteiger charge is 2.31. The first-order valence-electron chi connectivity index (χ1n) is 7.84. The van der Waals surface area contributed by atoms with Gasteiger partial charge in [0.1, 0.15) is 11.6 Å². The molecule has 1 rings (SSSR count). The molecule has 0 radical (unpaired) electrons. The lowest BCUT2D eigenvalue weighted by atomic mass is 9.89. The van der Waals surface area contributed by atoms with Crippen LogP contribution >= 0.6 is 0 Å². The van der Waals surface area contributed by atoms with Gasteiger partial charge in [-0.1, -0.05) is 26.8 Å². The third-order valence-electron chi connectivity index (χ3n) is 4.48. The van der Waals surface area contributed by atoms with E-state index in [0.717, 1.165) is 25.8 Å². The van der Waals surface area contributed by atoms with E-state index < -0.39 is 0 Å². The summed E-state index contributed by atoms with van der Waals surface area (Å²) in [5, 5.41) is 0. The Kier molecular flexibility index (Phi) is 7.12. The van der Waals surface area contributed by atoms with E-state index in [-0.39, 0.29) is 11.4 Å². The number of benzene rings is 1. The molecule has 0 aliphatic carbocycles. The Hall–Kier alpha value is -1.13. The molecule has 0 aliphatic heterocycles. The maximum atomic E-state index is 14.2. The third-order valence-corrected chi connectivity index (χ3v) is 4.48. The second kappa shape index (κ2) is 8.35. The lowest BCUT2D eigenvalue weighted by Crippen LogP contribution is -2.53. The number of nitrogens with zero attached hydrogens (tertiary/aromatic N) is 1. The van der Waals surface area contributed by atoms with Gasteiger partial charge in [-0.05, 0) is 31.9 Å². The number of nitrogens with two attached hydrogens (primary N) is 1. The third kappa shape index (κ3) is 4.17. The fourth-order valence-corrected chi connectivity index (χ4v) is 2.86. The topological polar surface area (TPSA) is 38.5 Å². The fourth-order valence-electron chi connectivity index (χ4n) is 2.86. The summed E-state index contributed by atoms with van der Waals surface area (Å²) >= 11 is 0. The summed E-state index contributed by atoms with van der Waals surface area (Å²) in [5.74, 6) is 0.336. The van der Waals surface area contributed by atoms with Crippen LogP contribution in [0, 0.1) is 5.82 Å². The van der Waals surface area contributed by atoms with Crippen LogP contribution in [0.5, 0.6) is 5.75 Å². The van der Waals surface area contributed by atoms with Crippen molar-refractivity contribution in [3.05, 3.63) is 29.6 Å². The Morgan fingerprint density at radius 1 is 1.24 bits per heavy atom. The Labute approximate surface area is 128 Å². The van der Waals surface area contributed by atoms with Crippen LogP contribution in [0.4, 0.5) is 4.39 Å². The van der Waals surface area contributed by atoms with E-state index in [0.29, 0.717) is 24.4 Å². The average molecular weight is 296 g/mol. The minimum atomic E-state index is -0.214. The first-order valence-corrected chi connectivity index (χ1v) is 7.84. The van der Waals surface area contributed by atoms with Gasteiger partial charge in [0.2, 0.25) is 0 Å². The van der Waals surface area contributed by atoms with Crippen LogP contribution < -0.4 is 10.5 Å². The van der Waals surface area contributed by atoms with Crippen molar-refractivity contribution >= 4 is 0 Å². The molecule has 0 bridgehead atoms. The summed E-state index contributed by atoms with van der Waals surface area (Å²) in [6.45, 7) is 8.56. The predicted octanol–water partition coefficient (Wildman–Crippen LogP) is 3.56. The first-order chi connectivity index (χ1) is 10.1. The molecule has 3 nitrogen and oxygen atoms in total. The van der Waals surface area contributed by atoms with Crippen molar-refractivity contribution in [2.45, 2.75) is 52.1 Å². The number of ether oxygens (including phenoxy) is 1. The highest BCUT2D eigenvalue weighted by atomic mass is 19.1. The normalized spacial score (nSPS) is 12.0. The van der Waals surface area contributed by atoms with Gasteiger partial charge in [-0.2, -0.15) is 0 Å². The van der Waals surface area contributed by atoms with Crippen LogP contribution in [-0.4, -0.2) is 30.6 Å². The van der Waals surface area contributed by atoms with Crippen molar-refractivity contribution in [3.8, 4) is 5.75 Å². The van der Waals surface area contributed by atoms with Crippen LogP contribution in [0.2, 0.25) is 0 Å². The molecular formula is C17H29FN2O. The molecule has 0 atom stereocenters. The summed E-state index contributed by atoms with van der Waals surface area (Å²) in [4.78, 5) is 2.33. The highest BCUT2D eigenvalue weighted by Crippen LogP contribution is 2.27. The molecule has 1 aromatic rings. The van der Waals surface area contributed by atoms with Gasteiger partial charge in [0.05, 0.1) is 7.11 Å². The Bertz CT molecular complexity index is 425. The van der Waals surface area contributed by atoms with Crippen molar-refractivity contribution in [1.82, 2.24) is 4.90 Å². The molecule has 0 unspecified atom stereocenters. The summed E-state index contributed by atoms with van der Waals surface area (Å²) in [6, 6.07) is 5.06. The van der Waals surface area contributed by atoms with Gasteiger partial charge < -0.3 is 10.5 Å². The van der Waals surface area contributed by atoms with E-state index in [1.54, 1.807) is 7.11 Å². The maximum absolute atomic E-state index is 14.2. The fraction of sp³-hybridized carbons (Fsp3) is 0.647.